The average Bonchev–Trinajstić information content (AvgIpc) is 2.66. The number of alkyl halides is 3. The van der Waals surface area contributed by atoms with Gasteiger partial charge in [0.05, 0.1) is 20.5 Å². The van der Waals surface area contributed by atoms with Gasteiger partial charge in [0.2, 0.25) is 10.0 Å². The summed E-state index contributed by atoms with van der Waals surface area (Å²) in [5, 5.41) is 0.899. The Bertz CT molecular complexity index is 1160. The molecule has 11 heteroatoms. The van der Waals surface area contributed by atoms with Crippen LogP contribution < -0.4 is 4.72 Å². The number of halogens is 5. The summed E-state index contributed by atoms with van der Waals surface area (Å²) in [5.41, 5.74) is -0.767. The minimum Gasteiger partial charge on any atom is -0.243 e. The number of aromatic nitrogens is 1. The Morgan fingerprint density at radius 2 is 1.76 bits per heavy atom. The topological polar surface area (TPSA) is 59.1 Å². The molecule has 0 atom stereocenters. The van der Waals surface area contributed by atoms with Gasteiger partial charge in [-0.2, -0.15) is 13.2 Å². The summed E-state index contributed by atoms with van der Waals surface area (Å²) in [5.74, 6) is 0.214. The van der Waals surface area contributed by atoms with Crippen LogP contribution in [0, 0.1) is 0 Å². The van der Waals surface area contributed by atoms with Gasteiger partial charge in [-0.25, -0.2) is 18.1 Å². The van der Waals surface area contributed by atoms with Crippen LogP contribution in [0.15, 0.2) is 58.3 Å². The third kappa shape index (κ3) is 5.35. The van der Waals surface area contributed by atoms with Crippen molar-refractivity contribution in [3.63, 3.8) is 0 Å². The first kappa shape index (κ1) is 22.2. The van der Waals surface area contributed by atoms with Crippen molar-refractivity contribution in [3.8, 4) is 0 Å². The molecule has 0 unspecified atom stereocenters. The number of para-hydroxylation sites is 1. The van der Waals surface area contributed by atoms with E-state index in [2.05, 4.69) is 9.71 Å². The second kappa shape index (κ2) is 8.69. The van der Waals surface area contributed by atoms with Crippen LogP contribution in [0.4, 0.5) is 13.2 Å². The highest BCUT2D eigenvalue weighted by Crippen LogP contribution is 2.34. The molecular weight excluding hydrogens is 468 g/mol. The molecule has 0 saturated carbocycles. The van der Waals surface area contributed by atoms with Crippen LogP contribution in [0.5, 0.6) is 0 Å². The Balaban J connectivity index is 1.73. The highest BCUT2D eigenvalue weighted by Gasteiger charge is 2.33. The zero-order valence-electron chi connectivity index (χ0n) is 14.5. The lowest BCUT2D eigenvalue weighted by Gasteiger charge is -2.12. The molecule has 0 saturated heterocycles. The average molecular weight is 481 g/mol. The molecule has 0 fully saturated rings. The number of nitrogens with zero attached hydrogens (tertiary/aromatic N) is 1. The van der Waals surface area contributed by atoms with Gasteiger partial charge in [0.25, 0.3) is 0 Å². The molecule has 0 aliphatic carbocycles. The molecule has 1 heterocycles. The van der Waals surface area contributed by atoms with Crippen molar-refractivity contribution in [2.45, 2.75) is 16.0 Å². The van der Waals surface area contributed by atoms with Gasteiger partial charge in [0, 0.05) is 22.6 Å². The number of sulfonamides is 1. The first-order chi connectivity index (χ1) is 13.6. The van der Waals surface area contributed by atoms with Gasteiger partial charge in [-0.05, 0) is 30.3 Å². The van der Waals surface area contributed by atoms with Crippen molar-refractivity contribution in [2.24, 2.45) is 0 Å². The maximum Gasteiger partial charge on any atom is 0.433 e. The molecular formula is C18H13Cl2F3N2O2S2. The molecule has 2 aromatic carbocycles. The number of benzene rings is 2. The van der Waals surface area contributed by atoms with E-state index in [0.29, 0.717) is 10.3 Å². The van der Waals surface area contributed by atoms with Crippen LogP contribution in [-0.2, 0) is 16.2 Å². The molecule has 1 N–H and O–H groups in total. The first-order valence-corrected chi connectivity index (χ1v) is 11.3. The number of pyridine rings is 1. The lowest BCUT2D eigenvalue weighted by atomic mass is 10.2. The fourth-order valence-corrected chi connectivity index (χ4v) is 4.97. The van der Waals surface area contributed by atoms with Crippen LogP contribution in [0.3, 0.4) is 0 Å². The summed E-state index contributed by atoms with van der Waals surface area (Å²) in [4.78, 5) is 3.98. The van der Waals surface area contributed by atoms with E-state index in [1.165, 1.54) is 24.3 Å². The van der Waals surface area contributed by atoms with E-state index in [4.69, 9.17) is 23.2 Å². The number of thioether (sulfide) groups is 1. The largest absolute Gasteiger partial charge is 0.433 e. The quantitative estimate of drug-likeness (QED) is 0.366. The van der Waals surface area contributed by atoms with Crippen LogP contribution >= 0.6 is 35.0 Å². The molecule has 29 heavy (non-hydrogen) atoms. The van der Waals surface area contributed by atoms with Crippen LogP contribution in [-0.4, -0.2) is 25.7 Å². The van der Waals surface area contributed by atoms with Crippen LogP contribution in [0.1, 0.15) is 5.69 Å². The van der Waals surface area contributed by atoms with Crippen molar-refractivity contribution in [3.05, 3.63) is 64.3 Å². The zero-order valence-corrected chi connectivity index (χ0v) is 17.6. The molecule has 0 aliphatic rings. The van der Waals surface area contributed by atoms with Crippen molar-refractivity contribution >= 4 is 55.9 Å². The summed E-state index contributed by atoms with van der Waals surface area (Å²) < 4.78 is 66.4. The molecule has 0 amide bonds. The fraction of sp³-hybridized carbons (Fsp3) is 0.167. The second-order valence-electron chi connectivity index (χ2n) is 5.84. The van der Waals surface area contributed by atoms with Crippen LogP contribution in [0.25, 0.3) is 10.9 Å². The SMILES string of the molecule is O=S(=O)(NCCSc1cc(C(F)(F)F)nc2ccccc12)c1ccc(Cl)c(Cl)c1. The maximum absolute atomic E-state index is 13.1. The molecule has 0 bridgehead atoms. The van der Waals surface area contributed by atoms with Crippen molar-refractivity contribution in [1.82, 2.24) is 9.71 Å². The summed E-state index contributed by atoms with van der Waals surface area (Å²) in [6.45, 7) is 0.00520. The van der Waals surface area contributed by atoms with E-state index in [0.717, 1.165) is 17.8 Å². The Morgan fingerprint density at radius 3 is 2.45 bits per heavy atom. The second-order valence-corrected chi connectivity index (χ2v) is 9.56. The number of hydrogen-bond donors (Lipinski definition) is 1. The molecule has 0 aliphatic heterocycles. The predicted molar refractivity (Wildman–Crippen MR) is 109 cm³/mol. The maximum atomic E-state index is 13.1. The molecule has 0 spiro atoms. The molecule has 154 valence electrons. The lowest BCUT2D eigenvalue weighted by molar-refractivity contribution is -0.141. The summed E-state index contributed by atoms with van der Waals surface area (Å²) in [6.07, 6.45) is -4.57. The number of fused-ring (bicyclic) bond motifs is 1. The van der Waals surface area contributed by atoms with Gasteiger partial charge in [0.1, 0.15) is 5.69 Å². The van der Waals surface area contributed by atoms with Gasteiger partial charge >= 0.3 is 6.18 Å². The van der Waals surface area contributed by atoms with E-state index in [-0.39, 0.29) is 32.8 Å². The first-order valence-electron chi connectivity index (χ1n) is 8.12. The minimum atomic E-state index is -4.57. The Kier molecular flexibility index (Phi) is 6.64. The highest BCUT2D eigenvalue weighted by molar-refractivity contribution is 7.99. The monoisotopic (exact) mass is 480 g/mol. The number of nitrogens with one attached hydrogen (secondary N) is 1. The molecule has 1 aromatic heterocycles. The normalized spacial score (nSPS) is 12.4. The van der Waals surface area contributed by atoms with Gasteiger partial charge in [-0.3, -0.25) is 0 Å². The lowest BCUT2D eigenvalue weighted by Crippen LogP contribution is -2.26. The van der Waals surface area contributed by atoms with E-state index < -0.39 is 21.9 Å². The van der Waals surface area contributed by atoms with Gasteiger partial charge < -0.3 is 0 Å². The van der Waals surface area contributed by atoms with Crippen molar-refractivity contribution in [1.29, 1.82) is 0 Å². The van der Waals surface area contributed by atoms with E-state index in [9.17, 15) is 21.6 Å². The summed E-state index contributed by atoms with van der Waals surface area (Å²) >= 11 is 12.7. The standard InChI is InChI=1S/C18H13Cl2F3N2O2S2/c19-13-6-5-11(9-14(13)20)29(26,27)24-7-8-28-16-10-17(18(21,22)23)25-15-4-2-1-3-12(15)16/h1-6,9-10,24H,7-8H2. The highest BCUT2D eigenvalue weighted by atomic mass is 35.5. The molecule has 0 radical (unpaired) electrons. The van der Waals surface area contributed by atoms with Gasteiger partial charge in [-0.15, -0.1) is 11.8 Å². The molecule has 3 rings (SSSR count). The number of hydrogen-bond acceptors (Lipinski definition) is 4. The predicted octanol–water partition coefficient (Wildman–Crippen LogP) is 5.63. The van der Waals surface area contributed by atoms with E-state index >= 15 is 0 Å². The summed E-state index contributed by atoms with van der Waals surface area (Å²) in [7, 11) is -3.83. The zero-order chi connectivity index (χ0) is 21.2. The molecule has 3 aromatic rings. The smallest absolute Gasteiger partial charge is 0.243 e. The fourth-order valence-electron chi connectivity index (χ4n) is 2.47. The molecule has 4 nitrogen and oxygen atoms in total. The summed E-state index contributed by atoms with van der Waals surface area (Å²) in [6, 6.07) is 11.4. The van der Waals surface area contributed by atoms with E-state index in [1.807, 2.05) is 0 Å². The van der Waals surface area contributed by atoms with Gasteiger partial charge in [0.15, 0.2) is 0 Å². The van der Waals surface area contributed by atoms with Crippen molar-refractivity contribution in [2.75, 3.05) is 12.3 Å². The Hall–Kier alpha value is -1.52. The number of rotatable bonds is 6. The van der Waals surface area contributed by atoms with Gasteiger partial charge in [-0.1, -0.05) is 41.4 Å². The third-order valence-electron chi connectivity index (χ3n) is 3.82. The Morgan fingerprint density at radius 1 is 1.03 bits per heavy atom. The minimum absolute atomic E-state index is 0.00520. The third-order valence-corrected chi connectivity index (χ3v) is 7.08. The van der Waals surface area contributed by atoms with E-state index in [1.54, 1.807) is 18.2 Å². The van der Waals surface area contributed by atoms with Crippen LogP contribution in [0.2, 0.25) is 10.0 Å². The Labute approximate surface area is 179 Å². The van der Waals surface area contributed by atoms with Crippen molar-refractivity contribution < 1.29 is 21.6 Å².